The summed E-state index contributed by atoms with van der Waals surface area (Å²) in [5.41, 5.74) is -0.192. The summed E-state index contributed by atoms with van der Waals surface area (Å²) >= 11 is 5.61. The fraction of sp³-hybridized carbons (Fsp3) is 0.462. The van der Waals surface area contributed by atoms with E-state index < -0.39 is 11.6 Å². The van der Waals surface area contributed by atoms with Crippen LogP contribution in [0, 0.1) is 11.6 Å². The van der Waals surface area contributed by atoms with E-state index >= 15 is 0 Å². The second-order valence-corrected chi connectivity index (χ2v) is 4.62. The third-order valence-electron chi connectivity index (χ3n) is 2.66. The SMILES string of the molecule is CC(C)N(CCCl)C(=O)Cc1c(F)cccc1F. The lowest BCUT2D eigenvalue weighted by Crippen LogP contribution is -2.39. The summed E-state index contributed by atoms with van der Waals surface area (Å²) < 4.78 is 26.8. The van der Waals surface area contributed by atoms with Crippen LogP contribution in [0.4, 0.5) is 8.78 Å². The molecule has 5 heteroatoms. The van der Waals surface area contributed by atoms with E-state index in [1.807, 2.05) is 13.8 Å². The van der Waals surface area contributed by atoms with Crippen molar-refractivity contribution in [1.82, 2.24) is 4.90 Å². The van der Waals surface area contributed by atoms with Crippen LogP contribution in [-0.2, 0) is 11.2 Å². The van der Waals surface area contributed by atoms with Gasteiger partial charge in [0.1, 0.15) is 11.6 Å². The maximum atomic E-state index is 13.4. The van der Waals surface area contributed by atoms with Crippen molar-refractivity contribution in [1.29, 1.82) is 0 Å². The molecule has 1 rings (SSSR count). The van der Waals surface area contributed by atoms with Gasteiger partial charge in [0.25, 0.3) is 0 Å². The Kier molecular flexibility index (Phi) is 5.54. The zero-order valence-corrected chi connectivity index (χ0v) is 11.2. The lowest BCUT2D eigenvalue weighted by Gasteiger charge is -2.26. The van der Waals surface area contributed by atoms with Crippen LogP contribution in [0.15, 0.2) is 18.2 Å². The summed E-state index contributed by atoms with van der Waals surface area (Å²) in [4.78, 5) is 13.5. The standard InChI is InChI=1S/C13H16ClF2NO/c1-9(2)17(7-6-14)13(18)8-10-11(15)4-3-5-12(10)16/h3-5,9H,6-8H2,1-2H3. The molecule has 0 spiro atoms. The third-order valence-corrected chi connectivity index (χ3v) is 2.83. The molecule has 1 amide bonds. The van der Waals surface area contributed by atoms with E-state index in [2.05, 4.69) is 0 Å². The van der Waals surface area contributed by atoms with Crippen molar-refractivity contribution in [3.8, 4) is 0 Å². The Morgan fingerprint density at radius 2 is 1.89 bits per heavy atom. The van der Waals surface area contributed by atoms with Crippen molar-refractivity contribution in [2.45, 2.75) is 26.3 Å². The number of carbonyl (C=O) groups excluding carboxylic acids is 1. The van der Waals surface area contributed by atoms with Crippen LogP contribution in [0.5, 0.6) is 0 Å². The largest absolute Gasteiger partial charge is 0.339 e. The zero-order valence-electron chi connectivity index (χ0n) is 10.4. The van der Waals surface area contributed by atoms with E-state index in [1.165, 1.54) is 11.0 Å². The molecule has 0 heterocycles. The molecule has 0 unspecified atom stereocenters. The van der Waals surface area contributed by atoms with Crippen LogP contribution in [0.25, 0.3) is 0 Å². The Balaban J connectivity index is 2.86. The van der Waals surface area contributed by atoms with E-state index in [0.717, 1.165) is 12.1 Å². The number of nitrogens with zero attached hydrogens (tertiary/aromatic N) is 1. The van der Waals surface area contributed by atoms with Gasteiger partial charge >= 0.3 is 0 Å². The molecule has 0 atom stereocenters. The highest BCUT2D eigenvalue weighted by atomic mass is 35.5. The minimum atomic E-state index is -0.696. The number of amides is 1. The van der Waals surface area contributed by atoms with Crippen LogP contribution in [0.1, 0.15) is 19.4 Å². The molecular weight excluding hydrogens is 260 g/mol. The molecule has 0 fully saturated rings. The Morgan fingerprint density at radius 3 is 2.33 bits per heavy atom. The summed E-state index contributed by atoms with van der Waals surface area (Å²) in [5.74, 6) is -1.42. The first-order chi connectivity index (χ1) is 8.47. The van der Waals surface area contributed by atoms with Gasteiger partial charge in [0, 0.05) is 24.0 Å². The topological polar surface area (TPSA) is 20.3 Å². The quantitative estimate of drug-likeness (QED) is 0.757. The van der Waals surface area contributed by atoms with E-state index in [4.69, 9.17) is 11.6 Å². The highest BCUT2D eigenvalue weighted by Gasteiger charge is 2.20. The first kappa shape index (κ1) is 14.9. The van der Waals surface area contributed by atoms with Gasteiger partial charge in [-0.15, -0.1) is 11.6 Å². The minimum Gasteiger partial charge on any atom is -0.339 e. The molecule has 2 nitrogen and oxygen atoms in total. The zero-order chi connectivity index (χ0) is 13.7. The van der Waals surface area contributed by atoms with Crippen LogP contribution >= 0.6 is 11.6 Å². The summed E-state index contributed by atoms with van der Waals surface area (Å²) in [6.07, 6.45) is -0.284. The van der Waals surface area contributed by atoms with E-state index in [1.54, 1.807) is 0 Å². The van der Waals surface area contributed by atoms with Gasteiger partial charge in [0.2, 0.25) is 5.91 Å². The van der Waals surface area contributed by atoms with Gasteiger partial charge in [-0.3, -0.25) is 4.79 Å². The van der Waals surface area contributed by atoms with Gasteiger partial charge in [-0.2, -0.15) is 0 Å². The second-order valence-electron chi connectivity index (χ2n) is 4.25. The van der Waals surface area contributed by atoms with Gasteiger partial charge in [-0.1, -0.05) is 6.07 Å². The van der Waals surface area contributed by atoms with Crippen molar-refractivity contribution >= 4 is 17.5 Å². The predicted octanol–water partition coefficient (Wildman–Crippen LogP) is 2.98. The number of hydrogen-bond acceptors (Lipinski definition) is 1. The monoisotopic (exact) mass is 275 g/mol. The Bertz CT molecular complexity index is 403. The highest BCUT2D eigenvalue weighted by molar-refractivity contribution is 6.18. The molecule has 0 N–H and O–H groups in total. The Labute approximate surface area is 111 Å². The van der Waals surface area contributed by atoms with Gasteiger partial charge in [0.05, 0.1) is 6.42 Å². The molecule has 0 bridgehead atoms. The van der Waals surface area contributed by atoms with Gasteiger partial charge in [-0.05, 0) is 26.0 Å². The smallest absolute Gasteiger partial charge is 0.227 e. The summed E-state index contributed by atoms with van der Waals surface area (Å²) in [6.45, 7) is 4.04. The average Bonchev–Trinajstić information content (AvgIpc) is 2.30. The van der Waals surface area contributed by atoms with Crippen LogP contribution in [0.3, 0.4) is 0 Å². The summed E-state index contributed by atoms with van der Waals surface area (Å²) in [6, 6.07) is 3.52. The third kappa shape index (κ3) is 3.67. The fourth-order valence-electron chi connectivity index (χ4n) is 1.72. The van der Waals surface area contributed by atoms with E-state index in [0.29, 0.717) is 12.4 Å². The molecule has 0 saturated carbocycles. The maximum Gasteiger partial charge on any atom is 0.227 e. The number of rotatable bonds is 5. The molecule has 1 aromatic rings. The number of benzene rings is 1. The molecule has 0 aliphatic heterocycles. The molecule has 0 aromatic heterocycles. The molecule has 0 radical (unpaired) electrons. The molecule has 0 aliphatic carbocycles. The number of hydrogen-bond donors (Lipinski definition) is 0. The van der Waals surface area contributed by atoms with Gasteiger partial charge in [0.15, 0.2) is 0 Å². The van der Waals surface area contributed by atoms with Gasteiger partial charge in [-0.25, -0.2) is 8.78 Å². The fourth-order valence-corrected chi connectivity index (χ4v) is 1.90. The number of halogens is 3. The summed E-state index contributed by atoms with van der Waals surface area (Å²) in [7, 11) is 0. The molecule has 0 aliphatic rings. The lowest BCUT2D eigenvalue weighted by molar-refractivity contribution is -0.131. The molecule has 1 aromatic carbocycles. The van der Waals surface area contributed by atoms with Crippen molar-refractivity contribution < 1.29 is 13.6 Å². The van der Waals surface area contributed by atoms with E-state index in [-0.39, 0.29) is 23.9 Å². The van der Waals surface area contributed by atoms with Crippen molar-refractivity contribution in [2.75, 3.05) is 12.4 Å². The first-order valence-corrected chi connectivity index (χ1v) is 6.29. The normalized spacial score (nSPS) is 10.8. The Hall–Kier alpha value is -1.16. The lowest BCUT2D eigenvalue weighted by atomic mass is 10.1. The molecule has 100 valence electrons. The highest BCUT2D eigenvalue weighted by Crippen LogP contribution is 2.14. The summed E-state index contributed by atoms with van der Waals surface area (Å²) in [5, 5.41) is 0. The second kappa shape index (κ2) is 6.69. The van der Waals surface area contributed by atoms with E-state index in [9.17, 15) is 13.6 Å². The van der Waals surface area contributed by atoms with Crippen LogP contribution < -0.4 is 0 Å². The predicted molar refractivity (Wildman–Crippen MR) is 67.6 cm³/mol. The first-order valence-electron chi connectivity index (χ1n) is 5.75. The number of carbonyl (C=O) groups is 1. The minimum absolute atomic E-state index is 0.0499. The van der Waals surface area contributed by atoms with Crippen molar-refractivity contribution in [2.24, 2.45) is 0 Å². The van der Waals surface area contributed by atoms with Crippen LogP contribution in [0.2, 0.25) is 0 Å². The molecule has 0 saturated heterocycles. The van der Waals surface area contributed by atoms with Crippen LogP contribution in [-0.4, -0.2) is 29.3 Å². The van der Waals surface area contributed by atoms with Crippen molar-refractivity contribution in [3.05, 3.63) is 35.4 Å². The maximum absolute atomic E-state index is 13.4. The molecule has 18 heavy (non-hydrogen) atoms. The van der Waals surface area contributed by atoms with Gasteiger partial charge < -0.3 is 4.90 Å². The molecular formula is C13H16ClF2NO. The average molecular weight is 276 g/mol. The van der Waals surface area contributed by atoms with Crippen molar-refractivity contribution in [3.63, 3.8) is 0 Å². The Morgan fingerprint density at radius 1 is 1.33 bits per heavy atom. The number of alkyl halides is 1.